The van der Waals surface area contributed by atoms with Crippen LogP contribution < -0.4 is 0 Å². The van der Waals surface area contributed by atoms with Crippen LogP contribution in [0.4, 0.5) is 0 Å². The minimum Gasteiger partial charge on any atom is -0.481 e. The number of unbranched alkanes of at least 4 members (excludes halogenated alkanes) is 8. The van der Waals surface area contributed by atoms with Crippen molar-refractivity contribution in [2.24, 2.45) is 0 Å². The molecule has 0 unspecified atom stereocenters. The number of rotatable bonds is 13. The van der Waals surface area contributed by atoms with E-state index in [2.05, 4.69) is 0 Å². The van der Waals surface area contributed by atoms with E-state index in [1.165, 1.54) is 25.7 Å². The second-order valence-electron chi connectivity index (χ2n) is 4.89. The normalized spacial score (nSPS) is 11.4. The second kappa shape index (κ2) is 13.8. The maximum Gasteiger partial charge on any atom is 0.328 e. The van der Waals surface area contributed by atoms with E-state index >= 15 is 0 Å². The number of hydrogen-bond acceptors (Lipinski definition) is 2. The van der Waals surface area contributed by atoms with E-state index in [0.717, 1.165) is 38.2 Å². The molecule has 0 radical (unpaired) electrons. The van der Waals surface area contributed by atoms with Gasteiger partial charge in [-0.1, -0.05) is 56.8 Å². The third-order valence-electron chi connectivity index (χ3n) is 3.00. The first-order chi connectivity index (χ1) is 9.63. The smallest absolute Gasteiger partial charge is 0.328 e. The summed E-state index contributed by atoms with van der Waals surface area (Å²) < 4.78 is 0. The van der Waals surface area contributed by atoms with Crippen LogP contribution in [0.1, 0.15) is 64.2 Å². The maximum atomic E-state index is 10.3. The zero-order valence-electron chi connectivity index (χ0n) is 12.1. The van der Waals surface area contributed by atoms with Crippen molar-refractivity contribution >= 4 is 11.9 Å². The van der Waals surface area contributed by atoms with E-state index in [9.17, 15) is 9.59 Å². The average molecular weight is 282 g/mol. The quantitative estimate of drug-likeness (QED) is 0.302. The van der Waals surface area contributed by atoms with E-state index < -0.39 is 11.9 Å². The lowest BCUT2D eigenvalue weighted by atomic mass is 10.1. The van der Waals surface area contributed by atoms with E-state index in [-0.39, 0.29) is 0 Å². The van der Waals surface area contributed by atoms with E-state index in [4.69, 9.17) is 10.2 Å². The van der Waals surface area contributed by atoms with Crippen LogP contribution in [0.3, 0.4) is 0 Å². The fourth-order valence-electron chi connectivity index (χ4n) is 1.91. The lowest BCUT2D eigenvalue weighted by Gasteiger charge is -2.00. The molecule has 0 amide bonds. The third-order valence-corrected chi connectivity index (χ3v) is 3.00. The first kappa shape index (κ1) is 18.4. The Balaban J connectivity index is 3.17. The molecule has 0 aromatic rings. The van der Waals surface area contributed by atoms with Gasteiger partial charge in [-0.15, -0.1) is 0 Å². The average Bonchev–Trinajstić information content (AvgIpc) is 2.38. The van der Waals surface area contributed by atoms with E-state index in [0.29, 0.717) is 6.42 Å². The lowest BCUT2D eigenvalue weighted by molar-refractivity contribution is -0.137. The lowest BCUT2D eigenvalue weighted by Crippen LogP contribution is -1.93. The van der Waals surface area contributed by atoms with Gasteiger partial charge in [-0.2, -0.15) is 0 Å². The summed E-state index contributed by atoms with van der Waals surface area (Å²) in [6.07, 6.45) is 16.6. The van der Waals surface area contributed by atoms with Gasteiger partial charge in [0.1, 0.15) is 0 Å². The molecule has 0 rings (SSSR count). The highest BCUT2D eigenvalue weighted by Gasteiger charge is 1.96. The molecule has 0 bridgehead atoms. The molecule has 0 spiro atoms. The predicted molar refractivity (Wildman–Crippen MR) is 79.7 cm³/mol. The molecule has 0 aromatic heterocycles. The Bertz CT molecular complexity index is 318. The molecule has 0 saturated heterocycles. The van der Waals surface area contributed by atoms with Gasteiger partial charge in [0.2, 0.25) is 0 Å². The monoisotopic (exact) mass is 282 g/mol. The largest absolute Gasteiger partial charge is 0.481 e. The first-order valence-electron chi connectivity index (χ1n) is 7.41. The van der Waals surface area contributed by atoms with Crippen molar-refractivity contribution in [3.63, 3.8) is 0 Å². The van der Waals surface area contributed by atoms with Crippen LogP contribution in [-0.2, 0) is 9.59 Å². The van der Waals surface area contributed by atoms with Crippen molar-refractivity contribution in [2.75, 3.05) is 0 Å². The molecule has 0 aliphatic heterocycles. The van der Waals surface area contributed by atoms with E-state index in [1.54, 1.807) is 12.2 Å². The van der Waals surface area contributed by atoms with Crippen molar-refractivity contribution in [3.8, 4) is 0 Å². The van der Waals surface area contributed by atoms with Gasteiger partial charge in [0.15, 0.2) is 0 Å². The Morgan fingerprint density at radius 3 is 1.85 bits per heavy atom. The number of aliphatic carboxylic acids is 2. The van der Waals surface area contributed by atoms with Gasteiger partial charge in [-0.25, -0.2) is 4.79 Å². The minimum absolute atomic E-state index is 0.294. The summed E-state index contributed by atoms with van der Waals surface area (Å²) in [7, 11) is 0. The standard InChI is InChI=1S/C16H26O4/c17-15(18)13-11-9-7-5-3-1-2-4-6-8-10-12-14-16(19)20/h7,9,11,13H,1-6,8,10,12,14H2,(H,17,18)(H,19,20). The summed E-state index contributed by atoms with van der Waals surface area (Å²) in [6, 6.07) is 0. The Morgan fingerprint density at radius 2 is 1.30 bits per heavy atom. The Morgan fingerprint density at radius 1 is 0.750 bits per heavy atom. The summed E-state index contributed by atoms with van der Waals surface area (Å²) in [5, 5.41) is 16.8. The van der Waals surface area contributed by atoms with Crippen LogP contribution >= 0.6 is 0 Å². The molecule has 20 heavy (non-hydrogen) atoms. The molecule has 0 aliphatic carbocycles. The van der Waals surface area contributed by atoms with Crippen LogP contribution in [-0.4, -0.2) is 22.2 Å². The Kier molecular flexibility index (Phi) is 12.7. The molecule has 0 saturated carbocycles. The van der Waals surface area contributed by atoms with Gasteiger partial charge in [-0.05, 0) is 19.3 Å². The molecule has 0 atom stereocenters. The summed E-state index contributed by atoms with van der Waals surface area (Å²) in [5.41, 5.74) is 0. The van der Waals surface area contributed by atoms with Crippen molar-refractivity contribution in [1.82, 2.24) is 0 Å². The first-order valence-corrected chi connectivity index (χ1v) is 7.41. The highest BCUT2D eigenvalue weighted by Crippen LogP contribution is 2.10. The molecular weight excluding hydrogens is 256 g/mol. The molecule has 0 fully saturated rings. The molecule has 0 aliphatic rings. The van der Waals surface area contributed by atoms with Crippen molar-refractivity contribution in [1.29, 1.82) is 0 Å². The van der Waals surface area contributed by atoms with Gasteiger partial charge in [-0.3, -0.25) is 4.79 Å². The van der Waals surface area contributed by atoms with Gasteiger partial charge >= 0.3 is 11.9 Å². The SMILES string of the molecule is O=C(O)C=CC=CCCCCCCCCCCC(=O)O. The number of carboxylic acid groups (broad SMARTS) is 2. The number of carbonyl (C=O) groups is 2. The second-order valence-corrected chi connectivity index (χ2v) is 4.89. The van der Waals surface area contributed by atoms with Gasteiger partial charge < -0.3 is 10.2 Å². The third kappa shape index (κ3) is 16.4. The summed E-state index contributed by atoms with van der Waals surface area (Å²) in [6.45, 7) is 0. The summed E-state index contributed by atoms with van der Waals surface area (Å²) in [5.74, 6) is -1.62. The highest BCUT2D eigenvalue weighted by atomic mass is 16.4. The zero-order valence-corrected chi connectivity index (χ0v) is 12.1. The fourth-order valence-corrected chi connectivity index (χ4v) is 1.91. The van der Waals surface area contributed by atoms with Gasteiger partial charge in [0.25, 0.3) is 0 Å². The van der Waals surface area contributed by atoms with Crippen LogP contribution in [0.5, 0.6) is 0 Å². The van der Waals surface area contributed by atoms with E-state index in [1.807, 2.05) is 6.08 Å². The van der Waals surface area contributed by atoms with Crippen LogP contribution in [0.2, 0.25) is 0 Å². The number of hydrogen-bond donors (Lipinski definition) is 2. The molecule has 4 nitrogen and oxygen atoms in total. The number of carboxylic acids is 2. The number of allylic oxidation sites excluding steroid dienone is 3. The summed E-state index contributed by atoms with van der Waals surface area (Å²) >= 11 is 0. The Labute approximate surface area is 121 Å². The van der Waals surface area contributed by atoms with Crippen molar-refractivity contribution in [2.45, 2.75) is 64.2 Å². The highest BCUT2D eigenvalue weighted by molar-refractivity contribution is 5.80. The Hall–Kier alpha value is -1.58. The van der Waals surface area contributed by atoms with Crippen molar-refractivity contribution < 1.29 is 19.8 Å². The summed E-state index contributed by atoms with van der Waals surface area (Å²) in [4.78, 5) is 20.5. The topological polar surface area (TPSA) is 74.6 Å². The molecule has 2 N–H and O–H groups in total. The molecule has 0 heterocycles. The molecule has 114 valence electrons. The predicted octanol–water partition coefficient (Wildman–Crippen LogP) is 4.17. The molecular formula is C16H26O4. The van der Waals surface area contributed by atoms with Crippen LogP contribution in [0.15, 0.2) is 24.3 Å². The molecule has 0 aromatic carbocycles. The van der Waals surface area contributed by atoms with Crippen LogP contribution in [0, 0.1) is 0 Å². The van der Waals surface area contributed by atoms with Gasteiger partial charge in [0.05, 0.1) is 0 Å². The van der Waals surface area contributed by atoms with Crippen LogP contribution in [0.25, 0.3) is 0 Å². The molecule has 4 heteroatoms. The zero-order chi connectivity index (χ0) is 15.1. The van der Waals surface area contributed by atoms with Crippen molar-refractivity contribution in [3.05, 3.63) is 24.3 Å². The van der Waals surface area contributed by atoms with Gasteiger partial charge in [0, 0.05) is 12.5 Å². The maximum absolute atomic E-state index is 10.3. The fraction of sp³-hybridized carbons (Fsp3) is 0.625. The minimum atomic E-state index is -0.919.